The summed E-state index contributed by atoms with van der Waals surface area (Å²) in [6.07, 6.45) is -5.83. The van der Waals surface area contributed by atoms with E-state index in [0.29, 0.717) is 12.0 Å². The standard InChI is InChI=1S/C20H21F2IO4/c21-20(22,19-18(26)17(25)16(23)15(11-24)27-19)14-9-5-4-8-13(14)10-12-6-2-1-3-7-12/h1-9,15-19,24-26H,10-11H2/t15-,16-,17+,18-,19-/m1/s1. The molecule has 0 aliphatic carbocycles. The van der Waals surface area contributed by atoms with Crippen molar-refractivity contribution in [2.24, 2.45) is 0 Å². The lowest BCUT2D eigenvalue weighted by atomic mass is 9.87. The van der Waals surface area contributed by atoms with Gasteiger partial charge in [-0.25, -0.2) is 0 Å². The summed E-state index contributed by atoms with van der Waals surface area (Å²) in [7, 11) is 0. The van der Waals surface area contributed by atoms with Crippen molar-refractivity contribution in [1.29, 1.82) is 0 Å². The van der Waals surface area contributed by atoms with Gasteiger partial charge in [-0.1, -0.05) is 77.2 Å². The lowest BCUT2D eigenvalue weighted by Crippen LogP contribution is -2.60. The summed E-state index contributed by atoms with van der Waals surface area (Å²) in [4.78, 5) is 0. The molecule has 0 bridgehead atoms. The van der Waals surface area contributed by atoms with Gasteiger partial charge in [0.2, 0.25) is 0 Å². The molecule has 0 aromatic heterocycles. The van der Waals surface area contributed by atoms with E-state index in [0.717, 1.165) is 5.56 Å². The second kappa shape index (κ2) is 8.48. The molecule has 1 saturated heterocycles. The molecular weight excluding hydrogens is 469 g/mol. The Hall–Kier alpha value is -1.13. The fourth-order valence-electron chi connectivity index (χ4n) is 3.34. The highest BCUT2D eigenvalue weighted by atomic mass is 127. The zero-order valence-corrected chi connectivity index (χ0v) is 16.5. The molecule has 4 nitrogen and oxygen atoms in total. The minimum atomic E-state index is -3.55. The highest BCUT2D eigenvalue weighted by Gasteiger charge is 2.55. The van der Waals surface area contributed by atoms with Crippen LogP contribution in [0.4, 0.5) is 8.78 Å². The maximum Gasteiger partial charge on any atom is 0.301 e. The van der Waals surface area contributed by atoms with Crippen LogP contribution in [0.25, 0.3) is 0 Å². The molecule has 2 aromatic carbocycles. The number of ether oxygens (including phenoxy) is 1. The van der Waals surface area contributed by atoms with Gasteiger partial charge in [0.15, 0.2) is 6.10 Å². The minimum Gasteiger partial charge on any atom is -0.394 e. The molecule has 0 spiro atoms. The Morgan fingerprint density at radius 3 is 2.26 bits per heavy atom. The third-order valence-electron chi connectivity index (χ3n) is 4.81. The number of aliphatic hydroxyl groups excluding tert-OH is 3. The quantitative estimate of drug-likeness (QED) is 0.446. The van der Waals surface area contributed by atoms with Crippen molar-refractivity contribution in [3.8, 4) is 0 Å². The number of alkyl halides is 3. The van der Waals surface area contributed by atoms with Gasteiger partial charge in [0, 0.05) is 5.56 Å². The fraction of sp³-hybridized carbons (Fsp3) is 0.400. The van der Waals surface area contributed by atoms with Gasteiger partial charge in [0.25, 0.3) is 0 Å². The summed E-state index contributed by atoms with van der Waals surface area (Å²) in [5.41, 5.74) is 1.04. The lowest BCUT2D eigenvalue weighted by Gasteiger charge is -2.43. The molecule has 3 N–H and O–H groups in total. The largest absolute Gasteiger partial charge is 0.394 e. The first-order valence-corrected chi connectivity index (χ1v) is 9.87. The highest BCUT2D eigenvalue weighted by Crippen LogP contribution is 2.42. The molecule has 1 fully saturated rings. The van der Waals surface area contributed by atoms with Crippen LogP contribution in [0.15, 0.2) is 54.6 Å². The van der Waals surface area contributed by atoms with Crippen molar-refractivity contribution in [3.05, 3.63) is 71.3 Å². The van der Waals surface area contributed by atoms with E-state index in [2.05, 4.69) is 0 Å². The average molecular weight is 490 g/mol. The summed E-state index contributed by atoms with van der Waals surface area (Å²) in [6.45, 7) is -0.518. The number of halogens is 3. The van der Waals surface area contributed by atoms with Gasteiger partial charge >= 0.3 is 5.92 Å². The van der Waals surface area contributed by atoms with E-state index in [-0.39, 0.29) is 5.56 Å². The Kier molecular flexibility index (Phi) is 6.47. The average Bonchev–Trinajstić information content (AvgIpc) is 2.67. The molecule has 1 aliphatic rings. The Labute approximate surface area is 169 Å². The maximum atomic E-state index is 15.4. The van der Waals surface area contributed by atoms with Crippen LogP contribution in [0.3, 0.4) is 0 Å². The maximum absolute atomic E-state index is 15.4. The Morgan fingerprint density at radius 2 is 1.59 bits per heavy atom. The highest BCUT2D eigenvalue weighted by molar-refractivity contribution is 14.1. The summed E-state index contributed by atoms with van der Waals surface area (Å²) in [5.74, 6) is -3.55. The number of benzene rings is 2. The van der Waals surface area contributed by atoms with Crippen LogP contribution < -0.4 is 0 Å². The van der Waals surface area contributed by atoms with Gasteiger partial charge in [0.1, 0.15) is 6.10 Å². The summed E-state index contributed by atoms with van der Waals surface area (Å²) >= 11 is 1.79. The summed E-state index contributed by atoms with van der Waals surface area (Å²) in [5, 5.41) is 29.8. The number of hydrogen-bond acceptors (Lipinski definition) is 4. The van der Waals surface area contributed by atoms with Crippen LogP contribution >= 0.6 is 22.6 Å². The molecule has 146 valence electrons. The van der Waals surface area contributed by atoms with Crippen molar-refractivity contribution in [2.75, 3.05) is 6.61 Å². The van der Waals surface area contributed by atoms with Crippen molar-refractivity contribution < 1.29 is 28.8 Å². The molecule has 1 heterocycles. The minimum absolute atomic E-state index is 0.256. The number of hydrogen-bond donors (Lipinski definition) is 3. The molecule has 3 rings (SSSR count). The first-order valence-electron chi connectivity index (χ1n) is 8.63. The van der Waals surface area contributed by atoms with Gasteiger partial charge in [-0.05, 0) is 17.5 Å². The molecule has 0 amide bonds. The molecule has 7 heteroatoms. The Bertz CT molecular complexity index is 757. The first kappa shape index (κ1) is 20.6. The van der Waals surface area contributed by atoms with Crippen LogP contribution in [-0.2, 0) is 17.1 Å². The molecule has 0 saturated carbocycles. The first-order chi connectivity index (χ1) is 12.9. The third kappa shape index (κ3) is 4.17. The van der Waals surface area contributed by atoms with Crippen molar-refractivity contribution in [3.63, 3.8) is 0 Å². The SMILES string of the molecule is OC[C@H]1O[C@@H](C(F)(F)c2ccccc2Cc2ccccc2)[C@H](O)[C@@H](O)[C@@H]1I. The topological polar surface area (TPSA) is 69.9 Å². The van der Waals surface area contributed by atoms with Crippen LogP contribution in [0, 0.1) is 0 Å². The molecule has 2 aromatic rings. The van der Waals surface area contributed by atoms with Crippen LogP contribution in [0.2, 0.25) is 0 Å². The number of aliphatic hydroxyl groups is 3. The van der Waals surface area contributed by atoms with Gasteiger partial charge in [-0.2, -0.15) is 8.78 Å². The monoisotopic (exact) mass is 490 g/mol. The van der Waals surface area contributed by atoms with E-state index in [1.165, 1.54) is 12.1 Å². The van der Waals surface area contributed by atoms with E-state index in [1.54, 1.807) is 34.7 Å². The summed E-state index contributed by atoms with van der Waals surface area (Å²) < 4.78 is 35.4. The fourth-order valence-corrected chi connectivity index (χ4v) is 4.17. The van der Waals surface area contributed by atoms with E-state index >= 15 is 8.78 Å². The van der Waals surface area contributed by atoms with Crippen molar-refractivity contribution >= 4 is 22.6 Å². The van der Waals surface area contributed by atoms with E-state index in [9.17, 15) is 15.3 Å². The molecule has 5 atom stereocenters. The Balaban J connectivity index is 1.95. The smallest absolute Gasteiger partial charge is 0.301 e. The molecule has 1 aliphatic heterocycles. The Morgan fingerprint density at radius 1 is 0.963 bits per heavy atom. The lowest BCUT2D eigenvalue weighted by molar-refractivity contribution is -0.249. The molecular formula is C20H21F2IO4. The predicted molar refractivity (Wildman–Crippen MR) is 105 cm³/mol. The van der Waals surface area contributed by atoms with Crippen LogP contribution in [-0.4, -0.2) is 50.3 Å². The van der Waals surface area contributed by atoms with Crippen LogP contribution in [0.1, 0.15) is 16.7 Å². The summed E-state index contributed by atoms with van der Waals surface area (Å²) in [6, 6.07) is 15.4. The van der Waals surface area contributed by atoms with Crippen LogP contribution in [0.5, 0.6) is 0 Å². The van der Waals surface area contributed by atoms with Gasteiger partial charge in [0.05, 0.1) is 22.7 Å². The third-order valence-corrected chi connectivity index (χ3v) is 6.35. The van der Waals surface area contributed by atoms with E-state index < -0.39 is 40.9 Å². The molecule has 0 radical (unpaired) electrons. The van der Waals surface area contributed by atoms with Gasteiger partial charge in [-0.3, -0.25) is 0 Å². The van der Waals surface area contributed by atoms with Crippen molar-refractivity contribution in [2.45, 2.75) is 40.7 Å². The normalized spacial score (nSPS) is 28.9. The van der Waals surface area contributed by atoms with Gasteiger partial charge in [-0.15, -0.1) is 0 Å². The second-order valence-corrected chi connectivity index (χ2v) is 8.08. The van der Waals surface area contributed by atoms with Crippen molar-refractivity contribution in [1.82, 2.24) is 0 Å². The number of rotatable bonds is 5. The predicted octanol–water partition coefficient (Wildman–Crippen LogP) is 2.65. The zero-order chi connectivity index (χ0) is 19.6. The van der Waals surface area contributed by atoms with Gasteiger partial charge < -0.3 is 20.1 Å². The van der Waals surface area contributed by atoms with E-state index in [1.807, 2.05) is 30.3 Å². The molecule has 27 heavy (non-hydrogen) atoms. The van der Waals surface area contributed by atoms with E-state index in [4.69, 9.17) is 4.74 Å². The second-order valence-electron chi connectivity index (χ2n) is 6.65. The molecule has 0 unspecified atom stereocenters. The zero-order valence-electron chi connectivity index (χ0n) is 14.4.